The lowest BCUT2D eigenvalue weighted by molar-refractivity contribution is -0.660. The Labute approximate surface area is 812 Å². The lowest BCUT2D eigenvalue weighted by atomic mass is 9.67. The molecule has 0 unspecified atom stereocenters. The van der Waals surface area contributed by atoms with Crippen LogP contribution >= 0.6 is 0 Å². The van der Waals surface area contributed by atoms with Crippen molar-refractivity contribution >= 4 is 87.8 Å². The van der Waals surface area contributed by atoms with E-state index in [0.29, 0.717) is 11.8 Å². The summed E-state index contributed by atoms with van der Waals surface area (Å²) in [6, 6.07) is 81.8. The van der Waals surface area contributed by atoms with Crippen molar-refractivity contribution in [3.63, 3.8) is 0 Å². The molecule has 0 bridgehead atoms. The highest BCUT2D eigenvalue weighted by molar-refractivity contribution is 6.18. The van der Waals surface area contributed by atoms with Crippen LogP contribution in [0.15, 0.2) is 261 Å². The fourth-order valence-corrected chi connectivity index (χ4v) is 26.9. The normalized spacial score (nSPS) is 15.1. The Morgan fingerprint density at radius 3 is 0.986 bits per heavy atom. The molecule has 26 rings (SSSR count). The van der Waals surface area contributed by atoms with Crippen molar-refractivity contribution in [2.45, 2.75) is 210 Å². The second-order valence-corrected chi connectivity index (χ2v) is 43.6. The van der Waals surface area contributed by atoms with Gasteiger partial charge in [0.1, 0.15) is 72.9 Å². The van der Waals surface area contributed by atoms with Crippen LogP contribution in [0.25, 0.3) is 177 Å². The molecule has 0 radical (unpaired) electrons. The molecule has 8 heteroatoms. The third-order valence-electron chi connectivity index (χ3n) is 33.6. The fraction of sp³-hybridized carbons (Fsp3) is 0.292. The molecular weight excluding hydrogens is 1680 g/mol. The zero-order valence-electron chi connectivity index (χ0n) is 84.7. The number of aryl methyl sites for hydroxylation is 16. The Morgan fingerprint density at radius 2 is 0.572 bits per heavy atom. The first-order valence-electron chi connectivity index (χ1n) is 50.6. The molecule has 0 N–H and O–H groups in total. The molecule has 8 heterocycles. The van der Waals surface area contributed by atoms with Gasteiger partial charge in [0.05, 0.1) is 22.3 Å². The molecule has 6 aliphatic rings. The number of hydrogen-bond donors (Lipinski definition) is 0. The minimum atomic E-state index is -0.0710. The van der Waals surface area contributed by atoms with E-state index in [2.05, 4.69) is 414 Å². The summed E-state index contributed by atoms with van der Waals surface area (Å²) in [4.78, 5) is 0. The predicted octanol–water partition coefficient (Wildman–Crippen LogP) is 32.4. The first-order valence-corrected chi connectivity index (χ1v) is 50.6. The first-order chi connectivity index (χ1) is 66.4. The van der Waals surface area contributed by atoms with E-state index in [1.165, 1.54) is 295 Å². The third kappa shape index (κ3) is 13.2. The Bertz CT molecular complexity index is 8560. The van der Waals surface area contributed by atoms with E-state index in [-0.39, 0.29) is 21.7 Å². The predicted molar refractivity (Wildman–Crippen MR) is 570 cm³/mol. The topological polar surface area (TPSA) is 68.1 Å². The smallest absolute Gasteiger partial charge is 0.216 e. The van der Waals surface area contributed by atoms with Crippen molar-refractivity contribution in [1.82, 2.24) is 0 Å². The van der Waals surface area contributed by atoms with Crippen LogP contribution in [-0.4, -0.2) is 0 Å². The number of pyridine rings is 4. The molecule has 0 atom stereocenters. The summed E-state index contributed by atoms with van der Waals surface area (Å²) in [5.41, 5.74) is 56.1. The average Bonchev–Trinajstić information content (AvgIpc) is 1.55. The average molecular weight is 1810 g/mol. The summed E-state index contributed by atoms with van der Waals surface area (Å²) in [7, 11) is 8.55. The molecule has 0 saturated heterocycles. The van der Waals surface area contributed by atoms with Crippen molar-refractivity contribution < 1.29 is 35.9 Å². The van der Waals surface area contributed by atoms with Crippen molar-refractivity contribution in [2.75, 3.05) is 0 Å². The van der Waals surface area contributed by atoms with Crippen LogP contribution in [0.3, 0.4) is 0 Å². The summed E-state index contributed by atoms with van der Waals surface area (Å²) in [5, 5.41) is 10.0. The summed E-state index contributed by atoms with van der Waals surface area (Å²) in [6.07, 6.45) is 21.3. The van der Waals surface area contributed by atoms with E-state index in [0.717, 1.165) is 57.5 Å². The Hall–Kier alpha value is -13.6. The van der Waals surface area contributed by atoms with E-state index in [1.54, 1.807) is 0 Å². The van der Waals surface area contributed by atoms with Gasteiger partial charge >= 0.3 is 0 Å². The quantitative estimate of drug-likeness (QED) is 0.142. The Kier molecular flexibility index (Phi) is 20.9. The fourth-order valence-electron chi connectivity index (χ4n) is 26.9. The standard InChI is InChI=1S/C36H40NO.2C32H30NO.C30H28NO/c1-21(2)18-36(19-22(3)4)29-12-10-9-11-26(29)27-15-16-31-33(34(27)36)28-14-13-23(5)32(35(28)38-31)30-17-24(6)25(7)20-37(30)8;1-19-11-12-24-29-27(34-31(24)28(19)26-17-20(2)21(3)18-33(26)4)14-13-23-22-9-5-6-10-25(22)32(30(23)29)15-7-8-16-32;1-19-11-12-23-25-16-24-22-9-5-6-10-26(22)32(13-7-8-14-32)27(24)17-29(25)34-31(23)30(19)28-15-20(2)21(3)18-33(28)4;1-17-11-12-22-27-25(32-29(22)26(17)24-15-18(2)19(3)16-31(24)6)14-13-21-20-9-7-8-10-23(20)30(4,5)28(21)27/h9-17,20-22H,18-19H2,1-8H3;5-6,9-14,17-18H,7-8,15-16H2,1-4H3;5-6,9-12,15-18H,7-8,13-14H2,1-4H3;7-16H,1-6H3/q4*+1. The molecule has 688 valence electrons. The van der Waals surface area contributed by atoms with Crippen LogP contribution < -0.4 is 18.3 Å². The second kappa shape index (κ2) is 32.5. The van der Waals surface area contributed by atoms with Crippen molar-refractivity contribution in [3.05, 3.63) is 354 Å². The van der Waals surface area contributed by atoms with E-state index >= 15 is 0 Å². The molecule has 2 fully saturated rings. The van der Waals surface area contributed by atoms with Gasteiger partial charge in [-0.05, 0) is 297 Å². The van der Waals surface area contributed by atoms with Crippen molar-refractivity contribution in [1.29, 1.82) is 0 Å². The highest BCUT2D eigenvalue weighted by Gasteiger charge is 2.50. The Balaban J connectivity index is 0.000000103. The molecule has 2 saturated carbocycles. The minimum Gasteiger partial charge on any atom is -0.455 e. The number of benzene rings is 12. The van der Waals surface area contributed by atoms with Gasteiger partial charge in [0.15, 0.2) is 24.8 Å². The van der Waals surface area contributed by atoms with Crippen LogP contribution in [0.4, 0.5) is 0 Å². The number of aromatic nitrogens is 4. The van der Waals surface area contributed by atoms with Crippen LogP contribution in [0, 0.1) is 94.9 Å². The molecular formula is C130H128N4O4+4. The number of hydrogen-bond acceptors (Lipinski definition) is 4. The number of rotatable bonds is 8. The van der Waals surface area contributed by atoms with Gasteiger partial charge in [0.25, 0.3) is 0 Å². The lowest BCUT2D eigenvalue weighted by Crippen LogP contribution is -2.31. The van der Waals surface area contributed by atoms with Gasteiger partial charge in [-0.3, -0.25) is 0 Å². The maximum atomic E-state index is 6.86. The molecule has 138 heavy (non-hydrogen) atoms. The highest BCUT2D eigenvalue weighted by Crippen LogP contribution is 2.64. The molecule has 8 nitrogen and oxygen atoms in total. The number of fused-ring (bicyclic) bond motifs is 31. The molecule has 2 spiro atoms. The van der Waals surface area contributed by atoms with E-state index in [9.17, 15) is 0 Å². The van der Waals surface area contributed by atoms with Crippen LogP contribution in [0.1, 0.15) is 217 Å². The summed E-state index contributed by atoms with van der Waals surface area (Å²) in [5.74, 6) is 1.15. The van der Waals surface area contributed by atoms with Crippen LogP contribution in [0.5, 0.6) is 0 Å². The summed E-state index contributed by atoms with van der Waals surface area (Å²) in [6.45, 7) is 40.4. The third-order valence-corrected chi connectivity index (χ3v) is 33.6. The molecule has 0 aliphatic heterocycles. The summed E-state index contributed by atoms with van der Waals surface area (Å²) >= 11 is 0. The minimum absolute atomic E-state index is 0.0270. The maximum absolute atomic E-state index is 6.86. The van der Waals surface area contributed by atoms with Crippen LogP contribution in [-0.2, 0) is 49.9 Å². The lowest BCUT2D eigenvalue weighted by Gasteiger charge is -2.36. The van der Waals surface area contributed by atoms with Gasteiger partial charge in [0.2, 0.25) is 22.8 Å². The van der Waals surface area contributed by atoms with Crippen molar-refractivity contribution in [3.8, 4) is 89.5 Å². The van der Waals surface area contributed by atoms with Gasteiger partial charge in [0, 0.05) is 111 Å². The van der Waals surface area contributed by atoms with Gasteiger partial charge in [-0.2, -0.15) is 0 Å². The monoisotopic (exact) mass is 1810 g/mol. The van der Waals surface area contributed by atoms with Gasteiger partial charge in [-0.15, -0.1) is 0 Å². The molecule has 0 amide bonds. The zero-order chi connectivity index (χ0) is 95.7. The zero-order valence-corrected chi connectivity index (χ0v) is 84.7. The SMILES string of the molecule is Cc1cc(-c2c(C)ccc3c2oc2cc4c(cc23)-c2ccccc2C42CCCC2)[n+](C)cc1C.Cc1cc(-c2c(C)ccc3c2oc2ccc4c(c23)C(C)(C)c2ccccc2-4)[n+](C)cc1C.Cc1cc(-c2c(C)ccc3c2oc2ccc4c(c23)C(CC(C)C)(CC(C)C)c2ccccc2-4)[n+](C)cc1C.Cc1cc(-c2c(C)ccc3c2oc2ccc4c(c23)C2(CCCC2)c2ccccc2-4)[n+](C)cc1C. The number of nitrogens with zero attached hydrogens (tertiary/aromatic N) is 4. The maximum Gasteiger partial charge on any atom is 0.216 e. The molecule has 6 aliphatic carbocycles. The van der Waals surface area contributed by atoms with E-state index in [1.807, 2.05) is 0 Å². The van der Waals surface area contributed by atoms with Crippen LogP contribution in [0.2, 0.25) is 0 Å². The van der Waals surface area contributed by atoms with Gasteiger partial charge in [-0.25, -0.2) is 18.3 Å². The van der Waals surface area contributed by atoms with Gasteiger partial charge < -0.3 is 17.7 Å². The second-order valence-electron chi connectivity index (χ2n) is 43.6. The number of furan rings is 4. The van der Waals surface area contributed by atoms with E-state index in [4.69, 9.17) is 17.7 Å². The molecule has 20 aromatic rings. The molecule has 12 aromatic carbocycles. The van der Waals surface area contributed by atoms with E-state index < -0.39 is 0 Å². The first kappa shape index (κ1) is 88.4. The highest BCUT2D eigenvalue weighted by atomic mass is 16.3. The summed E-state index contributed by atoms with van der Waals surface area (Å²) < 4.78 is 36.0. The van der Waals surface area contributed by atoms with Gasteiger partial charge in [-0.1, -0.05) is 231 Å². The molecule has 8 aromatic heterocycles. The Morgan fingerprint density at radius 1 is 0.261 bits per heavy atom. The van der Waals surface area contributed by atoms with Crippen molar-refractivity contribution in [2.24, 2.45) is 40.0 Å². The largest absolute Gasteiger partial charge is 0.455 e.